The number of β-amino-alcohol motifs (C(OH)–C–C–N with tert-alkyl or cyclic N) is 1. The Morgan fingerprint density at radius 1 is 1.00 bits per heavy atom. The van der Waals surface area contributed by atoms with Gasteiger partial charge in [0.05, 0.1) is 7.11 Å². The Bertz CT molecular complexity index is 682. The molecule has 0 spiro atoms. The zero-order chi connectivity index (χ0) is 18.4. The maximum Gasteiger partial charge on any atom is 0.119 e. The van der Waals surface area contributed by atoms with Crippen LogP contribution in [0.4, 0.5) is 5.69 Å². The average Bonchev–Trinajstić information content (AvgIpc) is 2.67. The summed E-state index contributed by atoms with van der Waals surface area (Å²) in [7, 11) is 1.68. The Kier molecular flexibility index (Phi) is 6.36. The number of ether oxygens (including phenoxy) is 2. The molecule has 0 radical (unpaired) electrons. The molecular weight excluding hydrogens is 328 g/mol. The molecule has 2 aromatic rings. The van der Waals surface area contributed by atoms with Crippen molar-refractivity contribution in [2.45, 2.75) is 13.0 Å². The van der Waals surface area contributed by atoms with Gasteiger partial charge in [-0.05, 0) is 48.9 Å². The first-order valence-corrected chi connectivity index (χ1v) is 9.13. The summed E-state index contributed by atoms with van der Waals surface area (Å²) in [6.45, 7) is 6.78. The fraction of sp³-hybridized carbons (Fsp3) is 0.429. The second kappa shape index (κ2) is 8.92. The highest BCUT2D eigenvalue weighted by Gasteiger charge is 2.19. The van der Waals surface area contributed by atoms with Crippen molar-refractivity contribution >= 4 is 5.69 Å². The molecule has 0 aromatic heterocycles. The monoisotopic (exact) mass is 356 g/mol. The third-order valence-corrected chi connectivity index (χ3v) is 4.71. The van der Waals surface area contributed by atoms with Gasteiger partial charge in [0.15, 0.2) is 0 Å². The molecule has 0 saturated carbocycles. The van der Waals surface area contributed by atoms with Crippen molar-refractivity contribution in [2.75, 3.05) is 51.3 Å². The van der Waals surface area contributed by atoms with Crippen LogP contribution in [0.15, 0.2) is 48.5 Å². The maximum atomic E-state index is 10.3. The largest absolute Gasteiger partial charge is 0.497 e. The highest BCUT2D eigenvalue weighted by atomic mass is 16.5. The second-order valence-corrected chi connectivity index (χ2v) is 6.77. The molecule has 0 amide bonds. The van der Waals surface area contributed by atoms with Crippen molar-refractivity contribution in [3.05, 3.63) is 54.1 Å². The van der Waals surface area contributed by atoms with Crippen LogP contribution in [0.5, 0.6) is 11.5 Å². The van der Waals surface area contributed by atoms with Crippen molar-refractivity contribution in [2.24, 2.45) is 0 Å². The molecule has 1 heterocycles. The lowest BCUT2D eigenvalue weighted by Crippen LogP contribution is -2.49. The molecule has 26 heavy (non-hydrogen) atoms. The van der Waals surface area contributed by atoms with Gasteiger partial charge in [-0.3, -0.25) is 4.90 Å². The van der Waals surface area contributed by atoms with Gasteiger partial charge in [-0.2, -0.15) is 0 Å². The summed E-state index contributed by atoms with van der Waals surface area (Å²) in [6, 6.07) is 16.1. The minimum atomic E-state index is -0.483. The van der Waals surface area contributed by atoms with Crippen molar-refractivity contribution in [1.82, 2.24) is 4.90 Å². The lowest BCUT2D eigenvalue weighted by Gasteiger charge is -2.36. The summed E-state index contributed by atoms with van der Waals surface area (Å²) in [5.41, 5.74) is 2.38. The van der Waals surface area contributed by atoms with Crippen LogP contribution >= 0.6 is 0 Å². The molecule has 1 N–H and O–H groups in total. The van der Waals surface area contributed by atoms with Crippen molar-refractivity contribution in [3.8, 4) is 11.5 Å². The summed E-state index contributed by atoms with van der Waals surface area (Å²) in [5.74, 6) is 1.69. The number of benzene rings is 2. The van der Waals surface area contributed by atoms with Crippen LogP contribution in [0.1, 0.15) is 5.56 Å². The van der Waals surface area contributed by atoms with Crippen LogP contribution < -0.4 is 14.4 Å². The van der Waals surface area contributed by atoms with E-state index in [1.807, 2.05) is 43.3 Å². The van der Waals surface area contributed by atoms with E-state index >= 15 is 0 Å². The molecule has 1 aliphatic rings. The number of aliphatic hydroxyl groups is 1. The van der Waals surface area contributed by atoms with E-state index < -0.39 is 6.10 Å². The lowest BCUT2D eigenvalue weighted by atomic mass is 10.2. The highest BCUT2D eigenvalue weighted by molar-refractivity contribution is 5.49. The van der Waals surface area contributed by atoms with Gasteiger partial charge in [-0.1, -0.05) is 12.1 Å². The molecule has 1 atom stereocenters. The molecule has 1 fully saturated rings. The quantitative estimate of drug-likeness (QED) is 0.826. The van der Waals surface area contributed by atoms with E-state index in [9.17, 15) is 5.11 Å². The van der Waals surface area contributed by atoms with Crippen LogP contribution in [0.25, 0.3) is 0 Å². The Morgan fingerprint density at radius 3 is 2.38 bits per heavy atom. The van der Waals surface area contributed by atoms with E-state index in [0.29, 0.717) is 13.2 Å². The highest BCUT2D eigenvalue weighted by Crippen LogP contribution is 2.20. The van der Waals surface area contributed by atoms with Crippen LogP contribution in [0.2, 0.25) is 0 Å². The topological polar surface area (TPSA) is 45.2 Å². The van der Waals surface area contributed by atoms with Crippen LogP contribution in [0, 0.1) is 6.92 Å². The van der Waals surface area contributed by atoms with E-state index in [1.54, 1.807) is 7.11 Å². The Hall–Kier alpha value is -2.24. The summed E-state index contributed by atoms with van der Waals surface area (Å²) in [5, 5.41) is 10.3. The smallest absolute Gasteiger partial charge is 0.119 e. The molecule has 1 saturated heterocycles. The summed E-state index contributed by atoms with van der Waals surface area (Å²) < 4.78 is 10.9. The number of hydrogen-bond acceptors (Lipinski definition) is 5. The molecule has 0 bridgehead atoms. The van der Waals surface area contributed by atoms with Crippen molar-refractivity contribution in [1.29, 1.82) is 0 Å². The number of anilines is 1. The van der Waals surface area contributed by atoms with E-state index in [4.69, 9.17) is 9.47 Å². The van der Waals surface area contributed by atoms with Gasteiger partial charge in [0.2, 0.25) is 0 Å². The number of hydrogen-bond donors (Lipinski definition) is 1. The first kappa shape index (κ1) is 18.5. The van der Waals surface area contributed by atoms with Gasteiger partial charge in [0.1, 0.15) is 24.2 Å². The van der Waals surface area contributed by atoms with Gasteiger partial charge in [-0.25, -0.2) is 0 Å². The molecule has 3 rings (SSSR count). The summed E-state index contributed by atoms with van der Waals surface area (Å²) >= 11 is 0. The van der Waals surface area contributed by atoms with Crippen molar-refractivity contribution in [3.63, 3.8) is 0 Å². The number of rotatable bonds is 7. The van der Waals surface area contributed by atoms with Crippen LogP contribution in [-0.4, -0.2) is 62.6 Å². The molecule has 5 heteroatoms. The predicted octanol–water partition coefficient (Wildman–Crippen LogP) is 2.57. The SMILES string of the molecule is COc1ccc(N2CCN(C[C@H](O)COc3cccc(C)c3)CC2)cc1. The number of aryl methyl sites for hydroxylation is 1. The second-order valence-electron chi connectivity index (χ2n) is 6.77. The van der Waals surface area contributed by atoms with Crippen LogP contribution in [-0.2, 0) is 0 Å². The molecule has 0 unspecified atom stereocenters. The lowest BCUT2D eigenvalue weighted by molar-refractivity contribution is 0.0663. The number of nitrogens with zero attached hydrogens (tertiary/aromatic N) is 2. The van der Waals surface area contributed by atoms with E-state index in [-0.39, 0.29) is 0 Å². The van der Waals surface area contributed by atoms with E-state index in [2.05, 4.69) is 21.9 Å². The third-order valence-electron chi connectivity index (χ3n) is 4.71. The Morgan fingerprint density at radius 2 is 1.73 bits per heavy atom. The average molecular weight is 356 g/mol. The Balaban J connectivity index is 1.41. The van der Waals surface area contributed by atoms with E-state index in [0.717, 1.165) is 43.2 Å². The minimum absolute atomic E-state index is 0.322. The first-order valence-electron chi connectivity index (χ1n) is 9.13. The normalized spacial score (nSPS) is 16.3. The zero-order valence-corrected chi connectivity index (χ0v) is 15.6. The zero-order valence-electron chi connectivity index (χ0n) is 15.6. The molecule has 2 aromatic carbocycles. The van der Waals surface area contributed by atoms with Gasteiger partial charge in [0, 0.05) is 38.4 Å². The molecule has 140 valence electrons. The van der Waals surface area contributed by atoms with Gasteiger partial charge in [-0.15, -0.1) is 0 Å². The van der Waals surface area contributed by atoms with Gasteiger partial charge >= 0.3 is 0 Å². The fourth-order valence-corrected chi connectivity index (χ4v) is 3.23. The summed E-state index contributed by atoms with van der Waals surface area (Å²) in [6.07, 6.45) is -0.483. The third kappa shape index (κ3) is 5.13. The molecule has 5 nitrogen and oxygen atoms in total. The maximum absolute atomic E-state index is 10.3. The molecule has 0 aliphatic carbocycles. The number of methoxy groups -OCH3 is 1. The Labute approximate surface area is 155 Å². The molecule has 1 aliphatic heterocycles. The van der Waals surface area contributed by atoms with E-state index in [1.165, 1.54) is 5.69 Å². The van der Waals surface area contributed by atoms with Gasteiger partial charge < -0.3 is 19.5 Å². The first-order chi connectivity index (χ1) is 12.6. The minimum Gasteiger partial charge on any atom is -0.497 e. The number of piperazine rings is 1. The predicted molar refractivity (Wildman–Crippen MR) is 104 cm³/mol. The van der Waals surface area contributed by atoms with Crippen LogP contribution in [0.3, 0.4) is 0 Å². The van der Waals surface area contributed by atoms with Gasteiger partial charge in [0.25, 0.3) is 0 Å². The fourth-order valence-electron chi connectivity index (χ4n) is 3.23. The summed E-state index contributed by atoms with van der Waals surface area (Å²) in [4.78, 5) is 4.66. The standard InChI is InChI=1S/C21H28N2O3/c1-17-4-3-5-21(14-17)26-16-19(24)15-22-10-12-23(13-11-22)18-6-8-20(25-2)9-7-18/h3-9,14,19,24H,10-13,15-16H2,1-2H3/t19-/m0/s1. The number of aliphatic hydroxyl groups excluding tert-OH is 1. The molecular formula is C21H28N2O3. The van der Waals surface area contributed by atoms with Crippen molar-refractivity contribution < 1.29 is 14.6 Å².